The first-order valence-electron chi connectivity index (χ1n) is 3.25. The minimum Gasteiger partial charge on any atom is -0.653 e. The van der Waals surface area contributed by atoms with Crippen molar-refractivity contribution in [3.63, 3.8) is 0 Å². The van der Waals surface area contributed by atoms with Crippen LogP contribution in [0.15, 0.2) is 28.7 Å². The van der Waals surface area contributed by atoms with E-state index in [4.69, 9.17) is 4.89 Å². The topological polar surface area (TPSA) is 83.4 Å². The average Bonchev–Trinajstić information content (AvgIpc) is 2.01. The Morgan fingerprint density at radius 2 is 2.00 bits per heavy atom. The Morgan fingerprint density at radius 3 is 2.43 bits per heavy atom. The van der Waals surface area contributed by atoms with Crippen molar-refractivity contribution in [1.82, 2.24) is 0 Å². The Labute approximate surface area is 112 Å². The first-order chi connectivity index (χ1) is 5.91. The molecule has 0 atom stereocenters. The van der Waals surface area contributed by atoms with E-state index in [0.717, 1.165) is 0 Å². The van der Waals surface area contributed by atoms with E-state index in [1.165, 1.54) is 18.2 Å². The molecule has 1 rings (SSSR count). The molecule has 0 bridgehead atoms. The minimum absolute atomic E-state index is 0. The molecule has 0 heterocycles. The Hall–Kier alpha value is 0.680. The Kier molecular flexibility index (Phi) is 5.95. The molecule has 0 aliphatic rings. The van der Waals surface area contributed by atoms with Gasteiger partial charge in [-0.3, -0.25) is 4.89 Å². The zero-order valence-corrected chi connectivity index (χ0v) is 11.8. The number of carbonyl (C=O) groups is 1. The van der Waals surface area contributed by atoms with Gasteiger partial charge in [0.25, 0.3) is 0 Å². The van der Waals surface area contributed by atoms with E-state index in [0.29, 0.717) is 4.47 Å². The number of rotatable bonds is 2. The third-order valence-electron chi connectivity index (χ3n) is 1.33. The van der Waals surface area contributed by atoms with Crippen LogP contribution in [0.3, 0.4) is 0 Å². The normalized spacial score (nSPS) is 10.6. The third-order valence-corrected chi connectivity index (χ3v) is 2.59. The molecular weight excluding hydrogens is 282 g/mol. The number of halogens is 1. The van der Waals surface area contributed by atoms with Gasteiger partial charge >= 0.3 is 35.1 Å². The predicted octanol–water partition coefficient (Wildman–Crippen LogP) is -2.93. The van der Waals surface area contributed by atoms with E-state index in [2.05, 4.69) is 15.9 Å². The van der Waals surface area contributed by atoms with Gasteiger partial charge in [-0.05, 0) is 18.2 Å². The molecule has 0 unspecified atom stereocenters. The first kappa shape index (κ1) is 14.7. The standard InChI is InChI=1S/C7H6BrO4P.Na/c8-6-3-1-2-5(4-6)7(9)13(10,11)12;/h1-4H,(H2,10,11,12);/q;+1/p-1. The van der Waals surface area contributed by atoms with Gasteiger partial charge in [-0.15, -0.1) is 0 Å². The third kappa shape index (κ3) is 4.04. The maximum atomic E-state index is 11.0. The molecule has 70 valence electrons. The fraction of sp³-hybridized carbons (Fsp3) is 0. The van der Waals surface area contributed by atoms with E-state index in [-0.39, 0.29) is 35.1 Å². The van der Waals surface area contributed by atoms with Gasteiger partial charge in [0.2, 0.25) is 0 Å². The molecule has 1 aromatic carbocycles. The van der Waals surface area contributed by atoms with Crippen molar-refractivity contribution in [2.45, 2.75) is 0 Å². The molecule has 1 aromatic rings. The summed E-state index contributed by atoms with van der Waals surface area (Å²) in [4.78, 5) is 40.4. The van der Waals surface area contributed by atoms with E-state index < -0.39 is 13.5 Å². The second kappa shape index (κ2) is 5.68. The quantitative estimate of drug-likeness (QED) is 0.466. The molecule has 0 aromatic heterocycles. The monoisotopic (exact) mass is 286 g/mol. The summed E-state index contributed by atoms with van der Waals surface area (Å²) in [6.45, 7) is 0. The Bertz CT molecular complexity index is 339. The zero-order valence-electron chi connectivity index (χ0n) is 7.31. The summed E-state index contributed by atoms with van der Waals surface area (Å²) in [7, 11) is -4.91. The van der Waals surface area contributed by atoms with E-state index in [1.54, 1.807) is 6.07 Å². The fourth-order valence-electron chi connectivity index (χ4n) is 0.785. The van der Waals surface area contributed by atoms with Gasteiger partial charge in [-0.1, -0.05) is 22.0 Å². The van der Waals surface area contributed by atoms with E-state index >= 15 is 0 Å². The fourth-order valence-corrected chi connectivity index (χ4v) is 1.65. The molecule has 0 aliphatic carbocycles. The van der Waals surface area contributed by atoms with Crippen LogP contribution in [0.5, 0.6) is 0 Å². The van der Waals surface area contributed by atoms with Gasteiger partial charge in [0.05, 0.1) is 5.56 Å². The van der Waals surface area contributed by atoms with Crippen LogP contribution in [0.1, 0.15) is 10.4 Å². The minimum atomic E-state index is -4.91. The summed E-state index contributed by atoms with van der Waals surface area (Å²) in [5, 5.41) is 0. The van der Waals surface area contributed by atoms with Gasteiger partial charge in [-0.2, -0.15) is 0 Å². The van der Waals surface area contributed by atoms with Crippen molar-refractivity contribution in [3.05, 3.63) is 34.3 Å². The van der Waals surface area contributed by atoms with Gasteiger partial charge in [-0.25, -0.2) is 4.79 Å². The number of carbonyl (C=O) groups excluding carboxylic acids is 1. The SMILES string of the molecule is O=C(c1cccc(Br)c1)[P+]([O-])([O-])O.[Na+]. The summed E-state index contributed by atoms with van der Waals surface area (Å²) in [5.74, 6) is 0. The Morgan fingerprint density at radius 1 is 1.43 bits per heavy atom. The van der Waals surface area contributed by atoms with Crippen molar-refractivity contribution >= 4 is 29.4 Å². The molecule has 7 heteroatoms. The summed E-state index contributed by atoms with van der Waals surface area (Å²) in [5.41, 5.74) is -1.33. The van der Waals surface area contributed by atoms with Crippen LogP contribution >= 0.6 is 23.9 Å². The number of benzene rings is 1. The molecule has 0 fully saturated rings. The molecule has 0 saturated heterocycles. The maximum Gasteiger partial charge on any atom is 1.00 e. The average molecular weight is 287 g/mol. The second-order valence-electron chi connectivity index (χ2n) is 2.34. The van der Waals surface area contributed by atoms with Crippen molar-refractivity contribution in [2.75, 3.05) is 0 Å². The van der Waals surface area contributed by atoms with Crippen molar-refractivity contribution < 1.29 is 49.0 Å². The summed E-state index contributed by atoms with van der Waals surface area (Å²) in [6, 6.07) is 5.79. The second-order valence-corrected chi connectivity index (χ2v) is 4.70. The molecule has 4 nitrogen and oxygen atoms in total. The van der Waals surface area contributed by atoms with Crippen LogP contribution < -0.4 is 39.3 Å². The molecule has 0 saturated carbocycles. The van der Waals surface area contributed by atoms with Crippen LogP contribution in [0.4, 0.5) is 0 Å². The molecule has 1 N–H and O–H groups in total. The predicted molar refractivity (Wildman–Crippen MR) is 47.6 cm³/mol. The first-order valence-corrected chi connectivity index (χ1v) is 5.62. The molecular formula is C7H5BrNaO4P. The summed E-state index contributed by atoms with van der Waals surface area (Å²) in [6.07, 6.45) is 0. The van der Waals surface area contributed by atoms with Crippen LogP contribution in [-0.4, -0.2) is 10.4 Å². The van der Waals surface area contributed by atoms with Crippen molar-refractivity contribution in [2.24, 2.45) is 0 Å². The van der Waals surface area contributed by atoms with Crippen LogP contribution in [0.2, 0.25) is 0 Å². The molecule has 14 heavy (non-hydrogen) atoms. The summed E-state index contributed by atoms with van der Waals surface area (Å²) >= 11 is 3.07. The van der Waals surface area contributed by atoms with Gasteiger partial charge in [0.15, 0.2) is 0 Å². The molecule has 0 aliphatic heterocycles. The number of hydrogen-bond donors (Lipinski definition) is 1. The van der Waals surface area contributed by atoms with Gasteiger partial charge < -0.3 is 9.79 Å². The van der Waals surface area contributed by atoms with Crippen LogP contribution in [0, 0.1) is 0 Å². The maximum absolute atomic E-state index is 11.0. The Balaban J connectivity index is 0.00000169. The largest absolute Gasteiger partial charge is 1.00 e. The van der Waals surface area contributed by atoms with Gasteiger partial charge in [0.1, 0.15) is 7.94 Å². The molecule has 0 spiro atoms. The van der Waals surface area contributed by atoms with Crippen LogP contribution in [-0.2, 0) is 0 Å². The number of hydrogen-bond acceptors (Lipinski definition) is 4. The van der Waals surface area contributed by atoms with Crippen molar-refractivity contribution in [3.8, 4) is 0 Å². The van der Waals surface area contributed by atoms with E-state index in [9.17, 15) is 14.6 Å². The molecule has 0 radical (unpaired) electrons. The molecule has 0 amide bonds. The van der Waals surface area contributed by atoms with Gasteiger partial charge in [0, 0.05) is 4.47 Å². The zero-order chi connectivity index (χ0) is 10.1. The van der Waals surface area contributed by atoms with Crippen molar-refractivity contribution in [1.29, 1.82) is 0 Å². The smallest absolute Gasteiger partial charge is 0.653 e. The van der Waals surface area contributed by atoms with E-state index in [1.807, 2.05) is 0 Å². The van der Waals surface area contributed by atoms with Crippen LogP contribution in [0.25, 0.3) is 0 Å². The summed E-state index contributed by atoms with van der Waals surface area (Å²) < 4.78 is 0.576.